The summed E-state index contributed by atoms with van der Waals surface area (Å²) >= 11 is 0. The number of nitrogens with one attached hydrogen (secondary N) is 1. The molecule has 1 rings (SSSR count). The van der Waals surface area contributed by atoms with E-state index < -0.39 is 0 Å². The van der Waals surface area contributed by atoms with E-state index >= 15 is 0 Å². The fraction of sp³-hybridized carbons (Fsp3) is 0.706. The van der Waals surface area contributed by atoms with Crippen molar-refractivity contribution in [2.45, 2.75) is 54.1 Å². The number of anilines is 1. The first kappa shape index (κ1) is 17.0. The van der Waals surface area contributed by atoms with E-state index in [1.165, 1.54) is 0 Å². The zero-order chi connectivity index (χ0) is 15.3. The first-order chi connectivity index (χ1) is 9.35. The third-order valence-electron chi connectivity index (χ3n) is 3.91. The van der Waals surface area contributed by atoms with Crippen molar-refractivity contribution >= 4 is 5.82 Å². The van der Waals surface area contributed by atoms with Crippen LogP contribution >= 0.6 is 0 Å². The minimum Gasteiger partial charge on any atom is -0.392 e. The van der Waals surface area contributed by atoms with E-state index in [-0.39, 0.29) is 6.61 Å². The van der Waals surface area contributed by atoms with E-state index in [1.54, 1.807) is 0 Å². The number of hydrogen-bond donors (Lipinski definition) is 2. The van der Waals surface area contributed by atoms with Crippen molar-refractivity contribution in [2.75, 3.05) is 11.9 Å². The molecule has 0 fully saturated rings. The molecular formula is C17H30N2O. The van der Waals surface area contributed by atoms with Crippen LogP contribution < -0.4 is 5.32 Å². The SMILES string of the molecule is CC(C)c1cc(CO)cc(NCC(C(C)C)C(C)C)n1. The fourth-order valence-electron chi connectivity index (χ4n) is 2.55. The summed E-state index contributed by atoms with van der Waals surface area (Å²) in [5.74, 6) is 3.16. The number of nitrogens with zero attached hydrogens (tertiary/aromatic N) is 1. The van der Waals surface area contributed by atoms with E-state index in [0.29, 0.717) is 23.7 Å². The van der Waals surface area contributed by atoms with Gasteiger partial charge in [0, 0.05) is 12.2 Å². The molecule has 0 saturated heterocycles. The molecule has 20 heavy (non-hydrogen) atoms. The number of pyridine rings is 1. The average molecular weight is 278 g/mol. The predicted octanol–water partition coefficient (Wildman–Crippen LogP) is 4.04. The summed E-state index contributed by atoms with van der Waals surface area (Å²) in [7, 11) is 0. The molecule has 3 nitrogen and oxygen atoms in total. The zero-order valence-electron chi connectivity index (χ0n) is 13.8. The van der Waals surface area contributed by atoms with Gasteiger partial charge >= 0.3 is 0 Å². The quantitative estimate of drug-likeness (QED) is 0.791. The third-order valence-corrected chi connectivity index (χ3v) is 3.91. The van der Waals surface area contributed by atoms with Gasteiger partial charge in [-0.15, -0.1) is 0 Å². The summed E-state index contributed by atoms with van der Waals surface area (Å²) < 4.78 is 0. The van der Waals surface area contributed by atoms with Crippen molar-refractivity contribution in [3.63, 3.8) is 0 Å². The maximum absolute atomic E-state index is 9.37. The topological polar surface area (TPSA) is 45.1 Å². The molecule has 0 aromatic carbocycles. The molecule has 1 aromatic heterocycles. The van der Waals surface area contributed by atoms with Gasteiger partial charge in [-0.2, -0.15) is 0 Å². The molecule has 0 bridgehead atoms. The number of aromatic nitrogens is 1. The van der Waals surface area contributed by atoms with E-state index in [4.69, 9.17) is 0 Å². The Morgan fingerprint density at radius 3 is 2.10 bits per heavy atom. The molecule has 0 spiro atoms. The Hall–Kier alpha value is -1.09. The summed E-state index contributed by atoms with van der Waals surface area (Å²) in [4.78, 5) is 4.65. The van der Waals surface area contributed by atoms with Crippen LogP contribution in [0.3, 0.4) is 0 Å². The molecule has 0 aliphatic carbocycles. The van der Waals surface area contributed by atoms with Gasteiger partial charge in [0.1, 0.15) is 5.82 Å². The highest BCUT2D eigenvalue weighted by atomic mass is 16.3. The molecule has 1 aromatic rings. The molecule has 2 N–H and O–H groups in total. The lowest BCUT2D eigenvalue weighted by Gasteiger charge is -2.25. The first-order valence-electron chi connectivity index (χ1n) is 7.70. The van der Waals surface area contributed by atoms with Gasteiger partial charge in [0.05, 0.1) is 6.61 Å². The highest BCUT2D eigenvalue weighted by Gasteiger charge is 2.17. The van der Waals surface area contributed by atoms with E-state index in [9.17, 15) is 5.11 Å². The molecule has 1 heterocycles. The second-order valence-corrected chi connectivity index (χ2v) is 6.63. The molecule has 0 aliphatic rings. The van der Waals surface area contributed by atoms with Gasteiger partial charge in [-0.1, -0.05) is 41.5 Å². The third kappa shape index (κ3) is 4.78. The standard InChI is InChI=1S/C17H30N2O/c1-11(2)15(12(3)4)9-18-17-8-14(10-20)7-16(19-17)13(5)6/h7-8,11-13,15,20H,9-10H2,1-6H3,(H,18,19). The van der Waals surface area contributed by atoms with E-state index in [0.717, 1.165) is 23.6 Å². The van der Waals surface area contributed by atoms with Gasteiger partial charge in [-0.05, 0) is 41.4 Å². The minimum atomic E-state index is 0.0642. The van der Waals surface area contributed by atoms with Crippen molar-refractivity contribution in [1.29, 1.82) is 0 Å². The van der Waals surface area contributed by atoms with Crippen molar-refractivity contribution in [2.24, 2.45) is 17.8 Å². The Balaban J connectivity index is 2.83. The van der Waals surface area contributed by atoms with Gasteiger partial charge in [-0.3, -0.25) is 0 Å². The van der Waals surface area contributed by atoms with Crippen molar-refractivity contribution in [1.82, 2.24) is 4.98 Å². The maximum atomic E-state index is 9.37. The van der Waals surface area contributed by atoms with Crippen molar-refractivity contribution in [3.8, 4) is 0 Å². The van der Waals surface area contributed by atoms with Crippen molar-refractivity contribution < 1.29 is 5.11 Å². The monoisotopic (exact) mass is 278 g/mol. The maximum Gasteiger partial charge on any atom is 0.126 e. The second kappa shape index (κ2) is 7.63. The van der Waals surface area contributed by atoms with Crippen LogP contribution in [0.15, 0.2) is 12.1 Å². The smallest absolute Gasteiger partial charge is 0.126 e. The molecular weight excluding hydrogens is 248 g/mol. The zero-order valence-corrected chi connectivity index (χ0v) is 13.8. The number of hydrogen-bond acceptors (Lipinski definition) is 3. The first-order valence-corrected chi connectivity index (χ1v) is 7.70. The van der Waals surface area contributed by atoms with Gasteiger partial charge in [0.25, 0.3) is 0 Å². The molecule has 0 aliphatic heterocycles. The lowest BCUT2D eigenvalue weighted by atomic mass is 9.85. The van der Waals surface area contributed by atoms with Crippen LogP contribution in [-0.2, 0) is 6.61 Å². The summed E-state index contributed by atoms with van der Waals surface area (Å²) in [6, 6.07) is 3.93. The predicted molar refractivity (Wildman–Crippen MR) is 85.9 cm³/mol. The number of aliphatic hydroxyl groups excluding tert-OH is 1. The largest absolute Gasteiger partial charge is 0.392 e. The van der Waals surface area contributed by atoms with Crippen LogP contribution in [0.2, 0.25) is 0 Å². The van der Waals surface area contributed by atoms with E-state index in [2.05, 4.69) is 51.8 Å². The Morgan fingerprint density at radius 1 is 1.05 bits per heavy atom. The number of aliphatic hydroxyl groups is 1. The molecule has 3 heteroatoms. The van der Waals surface area contributed by atoms with Gasteiger partial charge < -0.3 is 10.4 Å². The molecule has 0 atom stereocenters. The van der Waals surface area contributed by atoms with E-state index in [1.807, 2.05) is 12.1 Å². The van der Waals surface area contributed by atoms with Crippen LogP contribution in [0.25, 0.3) is 0 Å². The van der Waals surface area contributed by atoms with Gasteiger partial charge in [0.15, 0.2) is 0 Å². The van der Waals surface area contributed by atoms with Crippen molar-refractivity contribution in [3.05, 3.63) is 23.4 Å². The Morgan fingerprint density at radius 2 is 1.65 bits per heavy atom. The van der Waals surface area contributed by atoms with Gasteiger partial charge in [0.2, 0.25) is 0 Å². The molecule has 0 saturated carbocycles. The average Bonchev–Trinajstić information content (AvgIpc) is 2.37. The fourth-order valence-corrected chi connectivity index (χ4v) is 2.55. The normalized spacial score (nSPS) is 11.9. The summed E-state index contributed by atoms with van der Waals surface area (Å²) in [6.45, 7) is 14.3. The van der Waals surface area contributed by atoms with Crippen LogP contribution in [-0.4, -0.2) is 16.6 Å². The summed E-state index contributed by atoms with van der Waals surface area (Å²) in [6.07, 6.45) is 0. The second-order valence-electron chi connectivity index (χ2n) is 6.63. The highest BCUT2D eigenvalue weighted by Crippen LogP contribution is 2.22. The van der Waals surface area contributed by atoms with Gasteiger partial charge in [-0.25, -0.2) is 4.98 Å². The molecule has 0 unspecified atom stereocenters. The molecule has 0 amide bonds. The summed E-state index contributed by atoms with van der Waals surface area (Å²) in [5.41, 5.74) is 1.96. The summed E-state index contributed by atoms with van der Waals surface area (Å²) in [5, 5.41) is 12.8. The van der Waals surface area contributed by atoms with Crippen LogP contribution in [0.4, 0.5) is 5.82 Å². The Labute approximate surface area is 123 Å². The Bertz CT molecular complexity index is 405. The lowest BCUT2D eigenvalue weighted by Crippen LogP contribution is -2.25. The van der Waals surface area contributed by atoms with Crippen LogP contribution in [0, 0.1) is 17.8 Å². The Kier molecular flexibility index (Phi) is 6.47. The minimum absolute atomic E-state index is 0.0642. The number of rotatable bonds is 7. The highest BCUT2D eigenvalue weighted by molar-refractivity contribution is 5.40. The molecule has 0 radical (unpaired) electrons. The van der Waals surface area contributed by atoms with Crippen LogP contribution in [0.1, 0.15) is 58.7 Å². The molecule has 114 valence electrons. The lowest BCUT2D eigenvalue weighted by molar-refractivity contribution is 0.281. The van der Waals surface area contributed by atoms with Crippen LogP contribution in [0.5, 0.6) is 0 Å².